The van der Waals surface area contributed by atoms with Crippen LogP contribution < -0.4 is 14.8 Å². The van der Waals surface area contributed by atoms with Crippen molar-refractivity contribution in [1.82, 2.24) is 15.1 Å². The van der Waals surface area contributed by atoms with Crippen molar-refractivity contribution in [2.45, 2.75) is 50.1 Å². The Labute approximate surface area is 174 Å². The van der Waals surface area contributed by atoms with Crippen molar-refractivity contribution in [2.24, 2.45) is 0 Å². The summed E-state index contributed by atoms with van der Waals surface area (Å²) in [4.78, 5) is 41.0. The van der Waals surface area contributed by atoms with E-state index in [-0.39, 0.29) is 6.79 Å². The van der Waals surface area contributed by atoms with Gasteiger partial charge in [0.2, 0.25) is 12.7 Å². The van der Waals surface area contributed by atoms with Gasteiger partial charge in [-0.2, -0.15) is 5.26 Å². The summed E-state index contributed by atoms with van der Waals surface area (Å²) in [6.07, 6.45) is 3.97. The summed E-state index contributed by atoms with van der Waals surface area (Å²) in [5.74, 6) is 0.111. The van der Waals surface area contributed by atoms with Gasteiger partial charge in [0, 0.05) is 7.05 Å². The fourth-order valence-corrected chi connectivity index (χ4v) is 4.38. The van der Waals surface area contributed by atoms with E-state index < -0.39 is 35.5 Å². The zero-order chi connectivity index (χ0) is 21.5. The van der Waals surface area contributed by atoms with E-state index in [0.29, 0.717) is 29.9 Å². The average Bonchev–Trinajstić information content (AvgIpc) is 3.31. The van der Waals surface area contributed by atoms with Crippen molar-refractivity contribution >= 4 is 17.8 Å². The van der Waals surface area contributed by atoms with Gasteiger partial charge in [-0.1, -0.05) is 25.3 Å². The summed E-state index contributed by atoms with van der Waals surface area (Å²) in [6.45, 7) is 1.28. The van der Waals surface area contributed by atoms with Gasteiger partial charge in [-0.3, -0.25) is 14.5 Å². The molecule has 1 aromatic carbocycles. The van der Waals surface area contributed by atoms with Crippen molar-refractivity contribution in [3.8, 4) is 17.6 Å². The molecule has 9 heteroatoms. The van der Waals surface area contributed by atoms with E-state index in [9.17, 15) is 19.6 Å². The van der Waals surface area contributed by atoms with E-state index in [1.807, 2.05) is 0 Å². The van der Waals surface area contributed by atoms with E-state index in [4.69, 9.17) is 9.47 Å². The van der Waals surface area contributed by atoms with Crippen LogP contribution in [0.15, 0.2) is 18.2 Å². The number of hydrogen-bond acceptors (Lipinski definition) is 6. The van der Waals surface area contributed by atoms with Crippen LogP contribution in [0.4, 0.5) is 4.79 Å². The number of carbonyl (C=O) groups is 3. The van der Waals surface area contributed by atoms with Crippen LogP contribution in [0.3, 0.4) is 0 Å². The highest BCUT2D eigenvalue weighted by atomic mass is 16.7. The van der Waals surface area contributed by atoms with E-state index >= 15 is 0 Å². The maximum absolute atomic E-state index is 13.2. The highest BCUT2D eigenvalue weighted by molar-refractivity contribution is 6.09. The molecule has 1 saturated heterocycles. The third-order valence-corrected chi connectivity index (χ3v) is 6.42. The molecule has 30 heavy (non-hydrogen) atoms. The SMILES string of the molecule is CN(C(=O)CN1C(=O)N[C@@](C)(c2ccc3c(c2)OCO3)C1=O)C1(C#N)CCCCC1. The van der Waals surface area contributed by atoms with Crippen LogP contribution in [-0.2, 0) is 15.1 Å². The molecule has 2 heterocycles. The molecule has 4 amide bonds. The number of urea groups is 1. The first-order chi connectivity index (χ1) is 14.3. The number of hydrogen-bond donors (Lipinski definition) is 1. The van der Waals surface area contributed by atoms with E-state index in [2.05, 4.69) is 11.4 Å². The van der Waals surface area contributed by atoms with Gasteiger partial charge in [0.15, 0.2) is 11.5 Å². The van der Waals surface area contributed by atoms with Crippen molar-refractivity contribution in [1.29, 1.82) is 5.26 Å². The van der Waals surface area contributed by atoms with Crippen LogP contribution >= 0.6 is 0 Å². The van der Waals surface area contributed by atoms with Crippen LogP contribution in [-0.4, -0.2) is 53.6 Å². The number of carbonyl (C=O) groups excluding carboxylic acids is 3. The summed E-state index contributed by atoms with van der Waals surface area (Å²) in [5.41, 5.74) is -1.67. The minimum absolute atomic E-state index is 0.101. The van der Waals surface area contributed by atoms with Gasteiger partial charge in [0.05, 0.1) is 6.07 Å². The Kier molecular flexibility index (Phi) is 4.80. The van der Waals surface area contributed by atoms with Crippen molar-refractivity contribution in [2.75, 3.05) is 20.4 Å². The maximum atomic E-state index is 13.2. The molecule has 9 nitrogen and oxygen atoms in total. The van der Waals surface area contributed by atoms with Gasteiger partial charge in [0.25, 0.3) is 5.91 Å². The Morgan fingerprint density at radius 2 is 1.93 bits per heavy atom. The van der Waals surface area contributed by atoms with Crippen LogP contribution in [0.5, 0.6) is 11.5 Å². The molecule has 158 valence electrons. The van der Waals surface area contributed by atoms with Gasteiger partial charge >= 0.3 is 6.03 Å². The molecule has 1 atom stereocenters. The van der Waals surface area contributed by atoms with Crippen LogP contribution in [0.25, 0.3) is 0 Å². The fourth-order valence-electron chi connectivity index (χ4n) is 4.38. The Morgan fingerprint density at radius 1 is 1.23 bits per heavy atom. The molecule has 1 aromatic rings. The van der Waals surface area contributed by atoms with Gasteiger partial charge < -0.3 is 19.7 Å². The molecule has 2 fully saturated rings. The van der Waals surface area contributed by atoms with E-state index in [1.54, 1.807) is 32.2 Å². The third kappa shape index (κ3) is 3.03. The van der Waals surface area contributed by atoms with Crippen LogP contribution in [0, 0.1) is 11.3 Å². The molecule has 0 spiro atoms. The molecular weight excluding hydrogens is 388 g/mol. The molecule has 0 aromatic heterocycles. The first-order valence-corrected chi connectivity index (χ1v) is 10.0. The number of amides is 4. The lowest BCUT2D eigenvalue weighted by Crippen LogP contribution is -2.53. The summed E-state index contributed by atoms with van der Waals surface area (Å²) in [5, 5.41) is 12.4. The first kappa shape index (κ1) is 20.0. The van der Waals surface area contributed by atoms with Crippen molar-refractivity contribution < 1.29 is 23.9 Å². The quantitative estimate of drug-likeness (QED) is 0.756. The standard InChI is InChI=1S/C21H24N4O5/c1-20(14-6-7-15-16(10-14)30-13-29-15)18(27)25(19(28)23-20)11-17(26)24(2)21(12-22)8-4-3-5-9-21/h6-7,10H,3-5,8-9,11,13H2,1-2H3,(H,23,28)/t20-/m0/s1. The Morgan fingerprint density at radius 3 is 2.63 bits per heavy atom. The minimum Gasteiger partial charge on any atom is -0.454 e. The second-order valence-electron chi connectivity index (χ2n) is 8.17. The smallest absolute Gasteiger partial charge is 0.325 e. The summed E-state index contributed by atoms with van der Waals surface area (Å²) in [6, 6.07) is 6.68. The third-order valence-electron chi connectivity index (χ3n) is 6.42. The van der Waals surface area contributed by atoms with Gasteiger partial charge in [-0.25, -0.2) is 4.79 Å². The molecule has 0 unspecified atom stereocenters. The predicted octanol–water partition coefficient (Wildman–Crippen LogP) is 1.87. The molecule has 1 saturated carbocycles. The number of nitriles is 1. The summed E-state index contributed by atoms with van der Waals surface area (Å²) < 4.78 is 10.7. The minimum atomic E-state index is -1.32. The molecule has 0 bridgehead atoms. The van der Waals surface area contributed by atoms with Gasteiger partial charge in [-0.05, 0) is 37.5 Å². The number of nitrogens with zero attached hydrogens (tertiary/aromatic N) is 3. The molecule has 4 rings (SSSR count). The van der Waals surface area contributed by atoms with Gasteiger partial charge in [0.1, 0.15) is 17.6 Å². The number of ether oxygens (including phenoxy) is 2. The second-order valence-corrected chi connectivity index (χ2v) is 8.17. The zero-order valence-corrected chi connectivity index (χ0v) is 17.1. The highest BCUT2D eigenvalue weighted by Crippen LogP contribution is 2.38. The lowest BCUT2D eigenvalue weighted by atomic mass is 9.81. The maximum Gasteiger partial charge on any atom is 0.325 e. The number of benzene rings is 1. The number of nitrogens with one attached hydrogen (secondary N) is 1. The Balaban J connectivity index is 1.53. The first-order valence-electron chi connectivity index (χ1n) is 10.0. The predicted molar refractivity (Wildman–Crippen MR) is 104 cm³/mol. The van der Waals surface area contributed by atoms with Crippen LogP contribution in [0.1, 0.15) is 44.6 Å². The highest BCUT2D eigenvalue weighted by Gasteiger charge is 2.51. The van der Waals surface area contributed by atoms with Crippen molar-refractivity contribution in [3.63, 3.8) is 0 Å². The summed E-state index contributed by atoms with van der Waals surface area (Å²) >= 11 is 0. The Hall–Kier alpha value is -3.28. The van der Waals surface area contributed by atoms with Gasteiger partial charge in [-0.15, -0.1) is 0 Å². The summed E-state index contributed by atoms with van der Waals surface area (Å²) in [7, 11) is 1.58. The fraction of sp³-hybridized carbons (Fsp3) is 0.524. The van der Waals surface area contributed by atoms with Crippen LogP contribution in [0.2, 0.25) is 0 Å². The molecule has 0 radical (unpaired) electrons. The lowest BCUT2D eigenvalue weighted by Gasteiger charge is -2.39. The molecule has 2 aliphatic heterocycles. The lowest BCUT2D eigenvalue weighted by molar-refractivity contribution is -0.141. The number of imide groups is 1. The number of rotatable bonds is 4. The monoisotopic (exact) mass is 412 g/mol. The largest absolute Gasteiger partial charge is 0.454 e. The zero-order valence-electron chi connectivity index (χ0n) is 17.1. The number of fused-ring (bicyclic) bond motifs is 1. The van der Waals surface area contributed by atoms with E-state index in [0.717, 1.165) is 24.2 Å². The number of likely N-dealkylation sites (N-methyl/N-ethyl adjacent to an activating group) is 1. The topological polar surface area (TPSA) is 112 Å². The molecule has 3 aliphatic rings. The molecule has 1 aliphatic carbocycles. The molecule has 1 N–H and O–H groups in total. The Bertz CT molecular complexity index is 949. The van der Waals surface area contributed by atoms with Crippen molar-refractivity contribution in [3.05, 3.63) is 23.8 Å². The second kappa shape index (κ2) is 7.20. The molecular formula is C21H24N4O5. The average molecular weight is 412 g/mol. The van der Waals surface area contributed by atoms with E-state index in [1.165, 1.54) is 4.90 Å². The normalized spacial score (nSPS) is 24.4.